The lowest BCUT2D eigenvalue weighted by atomic mass is 10.2. The van der Waals surface area contributed by atoms with Crippen molar-refractivity contribution in [1.82, 2.24) is 0 Å². The average molecular weight is 433 g/mol. The summed E-state index contributed by atoms with van der Waals surface area (Å²) in [5.41, 5.74) is 2.05. The first-order chi connectivity index (χ1) is 13.5. The molecule has 0 aromatic heterocycles. The summed E-state index contributed by atoms with van der Waals surface area (Å²) in [6.45, 7) is 0. The van der Waals surface area contributed by atoms with Gasteiger partial charge in [0.2, 0.25) is 0 Å². The van der Waals surface area contributed by atoms with Crippen molar-refractivity contribution in [2.24, 2.45) is 4.99 Å². The van der Waals surface area contributed by atoms with E-state index in [1.54, 1.807) is 0 Å². The minimum atomic E-state index is -3.05. The van der Waals surface area contributed by atoms with Crippen LogP contribution in [0.15, 0.2) is 65.7 Å². The lowest BCUT2D eigenvalue weighted by Crippen LogP contribution is -2.37. The number of sulfone groups is 1. The van der Waals surface area contributed by atoms with Crippen molar-refractivity contribution in [2.75, 3.05) is 22.2 Å². The molecular weight excluding hydrogens is 412 g/mol. The molecule has 2 aromatic carbocycles. The van der Waals surface area contributed by atoms with Crippen molar-refractivity contribution in [3.05, 3.63) is 66.2 Å². The molecule has 0 bridgehead atoms. The Labute approximate surface area is 173 Å². The topological polar surface area (TPSA) is 66.8 Å². The molecule has 1 amide bonds. The molecule has 4 rings (SSSR count). The van der Waals surface area contributed by atoms with E-state index >= 15 is 0 Å². The second kappa shape index (κ2) is 8.31. The summed E-state index contributed by atoms with van der Waals surface area (Å²) < 4.78 is 24.2. The Morgan fingerprint density at radius 3 is 2.46 bits per heavy atom. The van der Waals surface area contributed by atoms with Crippen molar-refractivity contribution in [1.29, 1.82) is 0 Å². The minimum Gasteiger partial charge on any atom is -0.316 e. The van der Waals surface area contributed by atoms with E-state index in [2.05, 4.69) is 4.99 Å². The molecule has 8 heteroatoms. The lowest BCUT2D eigenvalue weighted by Gasteiger charge is -2.24. The maximum Gasteiger partial charge on any atom is 0.258 e. The lowest BCUT2D eigenvalue weighted by molar-refractivity contribution is -0.115. The zero-order valence-corrected chi connectivity index (χ0v) is 17.6. The van der Waals surface area contributed by atoms with Gasteiger partial charge in [-0.1, -0.05) is 60.3 Å². The van der Waals surface area contributed by atoms with Gasteiger partial charge in [-0.15, -0.1) is 11.8 Å². The Kier molecular flexibility index (Phi) is 5.80. The number of fused-ring (bicyclic) bond motifs is 1. The average Bonchev–Trinajstić information content (AvgIpc) is 3.14. The number of anilines is 1. The number of thioether (sulfide) groups is 2. The van der Waals surface area contributed by atoms with Gasteiger partial charge in [0.25, 0.3) is 5.91 Å². The highest BCUT2D eigenvalue weighted by Gasteiger charge is 2.49. The summed E-state index contributed by atoms with van der Waals surface area (Å²) in [5.74, 6) is 1.12. The van der Waals surface area contributed by atoms with Crippen molar-refractivity contribution in [3.8, 4) is 0 Å². The van der Waals surface area contributed by atoms with Gasteiger partial charge in [-0.2, -0.15) is 4.99 Å². The number of para-hydroxylation sites is 1. The molecule has 5 nitrogen and oxygen atoms in total. The molecule has 0 unspecified atom stereocenters. The second-order valence-electron chi connectivity index (χ2n) is 6.77. The Balaban J connectivity index is 1.48. The summed E-state index contributed by atoms with van der Waals surface area (Å²) >= 11 is 2.95. The number of carbonyl (C=O) groups is 1. The van der Waals surface area contributed by atoms with Crippen LogP contribution in [0.2, 0.25) is 0 Å². The van der Waals surface area contributed by atoms with Gasteiger partial charge in [0.15, 0.2) is 15.0 Å². The van der Waals surface area contributed by atoms with E-state index in [9.17, 15) is 13.2 Å². The molecule has 2 saturated heterocycles. The van der Waals surface area contributed by atoms with Crippen LogP contribution < -0.4 is 4.90 Å². The summed E-state index contributed by atoms with van der Waals surface area (Å²) in [4.78, 5) is 18.7. The highest BCUT2D eigenvalue weighted by Crippen LogP contribution is 2.40. The van der Waals surface area contributed by atoms with Gasteiger partial charge in [0, 0.05) is 16.7 Å². The van der Waals surface area contributed by atoms with Crippen LogP contribution >= 0.6 is 23.5 Å². The molecule has 0 saturated carbocycles. The molecule has 0 aliphatic carbocycles. The van der Waals surface area contributed by atoms with Crippen molar-refractivity contribution >= 4 is 50.1 Å². The number of amides is 1. The normalized spacial score (nSPS) is 24.4. The molecule has 0 N–H and O–H groups in total. The molecule has 28 heavy (non-hydrogen) atoms. The maximum absolute atomic E-state index is 12.4. The van der Waals surface area contributed by atoms with Gasteiger partial charge < -0.3 is 4.90 Å². The quantitative estimate of drug-likeness (QED) is 0.723. The zero-order valence-electron chi connectivity index (χ0n) is 15.1. The number of nitrogens with zero attached hydrogens (tertiary/aromatic N) is 2. The third-order valence-electron chi connectivity index (χ3n) is 4.66. The number of rotatable bonds is 5. The number of hydrogen-bond acceptors (Lipinski definition) is 5. The minimum absolute atomic E-state index is 0.0753. The van der Waals surface area contributed by atoms with Gasteiger partial charge >= 0.3 is 0 Å². The smallest absolute Gasteiger partial charge is 0.258 e. The van der Waals surface area contributed by atoms with Crippen molar-refractivity contribution in [3.63, 3.8) is 0 Å². The zero-order chi connectivity index (χ0) is 19.6. The Bertz CT molecular complexity index is 978. The summed E-state index contributed by atoms with van der Waals surface area (Å²) in [6.07, 6.45) is 0. The van der Waals surface area contributed by atoms with E-state index in [4.69, 9.17) is 0 Å². The predicted molar refractivity (Wildman–Crippen MR) is 118 cm³/mol. The van der Waals surface area contributed by atoms with Crippen LogP contribution in [0.4, 0.5) is 5.69 Å². The fraction of sp³-hybridized carbons (Fsp3) is 0.300. The van der Waals surface area contributed by atoms with Crippen LogP contribution in [0, 0.1) is 0 Å². The van der Waals surface area contributed by atoms with Gasteiger partial charge in [-0.3, -0.25) is 4.79 Å². The molecule has 2 heterocycles. The van der Waals surface area contributed by atoms with Gasteiger partial charge in [-0.25, -0.2) is 8.42 Å². The summed E-state index contributed by atoms with van der Waals surface area (Å²) in [5, 5.41) is 0.537. The number of carbonyl (C=O) groups excluding carboxylic acids is 1. The Morgan fingerprint density at radius 2 is 1.75 bits per heavy atom. The van der Waals surface area contributed by atoms with Crippen LogP contribution in [0.1, 0.15) is 5.56 Å². The maximum atomic E-state index is 12.4. The van der Waals surface area contributed by atoms with Gasteiger partial charge in [0.05, 0.1) is 23.3 Å². The standard InChI is InChI=1S/C20H20N2O3S3/c23-19(12-26-11-15-7-3-1-4-8-15)21-20-22(16-9-5-2-6-10-16)17-13-28(24,25)14-18(17)27-20/h1-10,17-18H,11-14H2/t17-,18-/m0/s1. The molecule has 0 radical (unpaired) electrons. The fourth-order valence-corrected chi connectivity index (χ4v) is 8.12. The largest absolute Gasteiger partial charge is 0.316 e. The van der Waals surface area contributed by atoms with Crippen LogP contribution in [-0.4, -0.2) is 48.0 Å². The van der Waals surface area contributed by atoms with E-state index < -0.39 is 9.84 Å². The monoisotopic (exact) mass is 432 g/mol. The molecule has 0 spiro atoms. The molecule has 2 atom stereocenters. The van der Waals surface area contributed by atoms with E-state index in [1.165, 1.54) is 29.1 Å². The summed E-state index contributed by atoms with van der Waals surface area (Å²) in [6, 6.07) is 19.4. The third-order valence-corrected chi connectivity index (χ3v) is 8.86. The van der Waals surface area contributed by atoms with Crippen LogP contribution in [0.3, 0.4) is 0 Å². The van der Waals surface area contributed by atoms with E-state index in [1.807, 2.05) is 65.6 Å². The number of aliphatic imine (C=N–C) groups is 1. The van der Waals surface area contributed by atoms with E-state index in [0.717, 1.165) is 11.4 Å². The molecule has 2 fully saturated rings. The second-order valence-corrected chi connectivity index (χ2v) is 11.1. The molecule has 2 aromatic rings. The molecule has 2 aliphatic heterocycles. The van der Waals surface area contributed by atoms with Crippen LogP contribution in [-0.2, 0) is 20.4 Å². The van der Waals surface area contributed by atoms with Crippen LogP contribution in [0.5, 0.6) is 0 Å². The highest BCUT2D eigenvalue weighted by molar-refractivity contribution is 8.16. The highest BCUT2D eigenvalue weighted by atomic mass is 32.2. The molecular formula is C20H20N2O3S3. The van der Waals surface area contributed by atoms with E-state index in [0.29, 0.717) is 10.9 Å². The van der Waals surface area contributed by atoms with E-state index in [-0.39, 0.29) is 28.7 Å². The van der Waals surface area contributed by atoms with Gasteiger partial charge in [0.1, 0.15) is 0 Å². The first kappa shape index (κ1) is 19.5. The van der Waals surface area contributed by atoms with Crippen molar-refractivity contribution < 1.29 is 13.2 Å². The molecule has 2 aliphatic rings. The number of amidine groups is 1. The Hall–Kier alpha value is -1.77. The van der Waals surface area contributed by atoms with Crippen LogP contribution in [0.25, 0.3) is 0 Å². The number of benzene rings is 2. The fourth-order valence-electron chi connectivity index (χ4n) is 3.42. The Morgan fingerprint density at radius 1 is 1.07 bits per heavy atom. The predicted octanol–water partition coefficient (Wildman–Crippen LogP) is 3.22. The first-order valence-electron chi connectivity index (χ1n) is 8.96. The first-order valence-corrected chi connectivity index (χ1v) is 12.8. The van der Waals surface area contributed by atoms with Crippen molar-refractivity contribution in [2.45, 2.75) is 17.0 Å². The SMILES string of the molecule is O=C(CSCc1ccccc1)N=C1S[C@H]2CS(=O)(=O)C[C@@H]2N1c1ccccc1. The van der Waals surface area contributed by atoms with Gasteiger partial charge in [-0.05, 0) is 17.7 Å². The summed E-state index contributed by atoms with van der Waals surface area (Å²) in [7, 11) is -3.05. The molecule has 146 valence electrons. The third kappa shape index (κ3) is 4.45. The number of hydrogen-bond donors (Lipinski definition) is 0.